The van der Waals surface area contributed by atoms with E-state index in [1.807, 2.05) is 13.0 Å². The molecule has 0 fully saturated rings. The van der Waals surface area contributed by atoms with Gasteiger partial charge in [0.05, 0.1) is 12.2 Å². The first-order valence-corrected chi connectivity index (χ1v) is 11.1. The zero-order valence-electron chi connectivity index (χ0n) is 19.6. The monoisotopic (exact) mass is 425 g/mol. The van der Waals surface area contributed by atoms with E-state index in [2.05, 4.69) is 39.8 Å². The van der Waals surface area contributed by atoms with Gasteiger partial charge in [0.15, 0.2) is 0 Å². The standard InChI is InChI=1S/C25H35N3O3/c1-7-12-27-15-20(16(2)22(27)23(30)31)28(21(29)14-26)17-8-9-18-19(13-17)25(5,6)11-10-24(18,3)4/h8-9,13,15H,7,10-12,14,26H2,1-6H3,(H,30,31). The van der Waals surface area contributed by atoms with Crippen LogP contribution in [0.1, 0.15) is 81.1 Å². The van der Waals surface area contributed by atoms with Crippen LogP contribution < -0.4 is 10.6 Å². The van der Waals surface area contributed by atoms with Crippen molar-refractivity contribution < 1.29 is 14.7 Å². The summed E-state index contributed by atoms with van der Waals surface area (Å²) < 4.78 is 1.72. The number of fused-ring (bicyclic) bond motifs is 1. The summed E-state index contributed by atoms with van der Waals surface area (Å²) in [5.41, 5.74) is 10.5. The van der Waals surface area contributed by atoms with Crippen LogP contribution in [0.3, 0.4) is 0 Å². The summed E-state index contributed by atoms with van der Waals surface area (Å²) in [6.45, 7) is 13.2. The van der Waals surface area contributed by atoms with Crippen LogP contribution in [0, 0.1) is 6.92 Å². The Morgan fingerprint density at radius 1 is 1.13 bits per heavy atom. The van der Waals surface area contributed by atoms with Gasteiger partial charge in [0.2, 0.25) is 5.91 Å². The maximum atomic E-state index is 13.0. The Labute approximate surface area is 185 Å². The first-order valence-electron chi connectivity index (χ1n) is 11.1. The number of anilines is 2. The summed E-state index contributed by atoms with van der Waals surface area (Å²) in [5, 5.41) is 9.77. The van der Waals surface area contributed by atoms with Gasteiger partial charge >= 0.3 is 5.97 Å². The Hall–Kier alpha value is -2.60. The normalized spacial score (nSPS) is 16.6. The predicted octanol–water partition coefficient (Wildman–Crippen LogP) is 4.88. The van der Waals surface area contributed by atoms with E-state index in [1.54, 1.807) is 22.6 Å². The van der Waals surface area contributed by atoms with Gasteiger partial charge in [-0.25, -0.2) is 4.79 Å². The summed E-state index contributed by atoms with van der Waals surface area (Å²) >= 11 is 0. The Balaban J connectivity index is 2.22. The Morgan fingerprint density at radius 3 is 2.29 bits per heavy atom. The molecule has 2 aromatic rings. The number of aromatic carboxylic acids is 1. The molecule has 1 heterocycles. The largest absolute Gasteiger partial charge is 0.477 e. The van der Waals surface area contributed by atoms with E-state index in [0.717, 1.165) is 24.9 Å². The van der Waals surface area contributed by atoms with Crippen LogP contribution >= 0.6 is 0 Å². The molecule has 1 amide bonds. The molecular weight excluding hydrogens is 390 g/mol. The number of nitrogens with two attached hydrogens (primary N) is 1. The number of carbonyl (C=O) groups excluding carboxylic acids is 1. The third-order valence-corrected chi connectivity index (χ3v) is 6.73. The molecule has 0 unspecified atom stereocenters. The van der Waals surface area contributed by atoms with Gasteiger partial charge < -0.3 is 15.4 Å². The van der Waals surface area contributed by atoms with Crippen molar-refractivity contribution in [3.63, 3.8) is 0 Å². The second-order valence-electron chi connectivity index (χ2n) is 9.92. The van der Waals surface area contributed by atoms with E-state index in [0.29, 0.717) is 17.8 Å². The number of carboxylic acid groups (broad SMARTS) is 1. The van der Waals surface area contributed by atoms with Gasteiger partial charge in [-0.1, -0.05) is 40.7 Å². The molecule has 6 nitrogen and oxygen atoms in total. The van der Waals surface area contributed by atoms with Gasteiger partial charge in [-0.3, -0.25) is 9.69 Å². The molecule has 3 rings (SSSR count). The minimum absolute atomic E-state index is 0.00624. The number of benzene rings is 1. The summed E-state index contributed by atoms with van der Waals surface area (Å²) in [5.74, 6) is -1.26. The Bertz CT molecular complexity index is 1020. The number of hydrogen-bond acceptors (Lipinski definition) is 3. The minimum atomic E-state index is -0.995. The van der Waals surface area contributed by atoms with Crippen molar-refractivity contribution in [2.75, 3.05) is 11.4 Å². The van der Waals surface area contributed by atoms with Crippen LogP contribution in [0.15, 0.2) is 24.4 Å². The lowest BCUT2D eigenvalue weighted by Gasteiger charge is -2.42. The zero-order chi connectivity index (χ0) is 23.1. The van der Waals surface area contributed by atoms with E-state index >= 15 is 0 Å². The number of carbonyl (C=O) groups is 2. The van der Waals surface area contributed by atoms with Crippen molar-refractivity contribution in [3.8, 4) is 0 Å². The number of aryl methyl sites for hydroxylation is 1. The van der Waals surface area contributed by atoms with Crippen LogP contribution in [0.25, 0.3) is 0 Å². The average molecular weight is 426 g/mol. The van der Waals surface area contributed by atoms with Crippen LogP contribution in [0.2, 0.25) is 0 Å². The number of aromatic nitrogens is 1. The third-order valence-electron chi connectivity index (χ3n) is 6.73. The Kier molecular flexibility index (Phi) is 6.07. The summed E-state index contributed by atoms with van der Waals surface area (Å²) in [6.07, 6.45) is 4.74. The van der Waals surface area contributed by atoms with E-state index in [9.17, 15) is 14.7 Å². The average Bonchev–Trinajstić information content (AvgIpc) is 3.02. The van der Waals surface area contributed by atoms with Crippen molar-refractivity contribution in [1.29, 1.82) is 0 Å². The van der Waals surface area contributed by atoms with Gasteiger partial charge in [-0.15, -0.1) is 0 Å². The lowest BCUT2D eigenvalue weighted by atomic mass is 9.63. The molecule has 0 atom stereocenters. The summed E-state index contributed by atoms with van der Waals surface area (Å²) in [6, 6.07) is 6.19. The van der Waals surface area contributed by atoms with E-state index in [4.69, 9.17) is 5.73 Å². The molecule has 1 aromatic carbocycles. The van der Waals surface area contributed by atoms with Gasteiger partial charge in [0, 0.05) is 24.0 Å². The minimum Gasteiger partial charge on any atom is -0.477 e. The fraction of sp³-hybridized carbons (Fsp3) is 0.520. The molecule has 0 saturated carbocycles. The smallest absolute Gasteiger partial charge is 0.352 e. The molecule has 0 spiro atoms. The quantitative estimate of drug-likeness (QED) is 0.690. The molecule has 168 valence electrons. The van der Waals surface area contributed by atoms with Gasteiger partial charge in [-0.05, 0) is 60.3 Å². The first kappa shape index (κ1) is 23.1. The maximum absolute atomic E-state index is 13.0. The molecule has 6 heteroatoms. The topological polar surface area (TPSA) is 88.6 Å². The molecular formula is C25H35N3O3. The fourth-order valence-corrected chi connectivity index (χ4v) is 4.80. The van der Waals surface area contributed by atoms with Crippen LogP contribution in [0.4, 0.5) is 11.4 Å². The van der Waals surface area contributed by atoms with E-state index < -0.39 is 5.97 Å². The van der Waals surface area contributed by atoms with Crippen molar-refractivity contribution in [2.24, 2.45) is 5.73 Å². The number of rotatable bonds is 6. The van der Waals surface area contributed by atoms with Gasteiger partial charge in [-0.2, -0.15) is 0 Å². The number of carboxylic acids is 1. The van der Waals surface area contributed by atoms with Crippen molar-refractivity contribution in [1.82, 2.24) is 4.57 Å². The summed E-state index contributed by atoms with van der Waals surface area (Å²) in [4.78, 5) is 26.5. The molecule has 3 N–H and O–H groups in total. The molecule has 0 radical (unpaired) electrons. The molecule has 0 saturated heterocycles. The van der Waals surface area contributed by atoms with Crippen LogP contribution in [-0.4, -0.2) is 28.1 Å². The third kappa shape index (κ3) is 4.01. The number of hydrogen-bond donors (Lipinski definition) is 2. The van der Waals surface area contributed by atoms with Crippen molar-refractivity contribution in [3.05, 3.63) is 46.8 Å². The molecule has 0 bridgehead atoms. The first-order chi connectivity index (χ1) is 14.4. The van der Waals surface area contributed by atoms with E-state index in [1.165, 1.54) is 11.1 Å². The highest BCUT2D eigenvalue weighted by Gasteiger charge is 2.38. The van der Waals surface area contributed by atoms with Crippen molar-refractivity contribution in [2.45, 2.75) is 78.2 Å². The second-order valence-corrected chi connectivity index (χ2v) is 9.92. The maximum Gasteiger partial charge on any atom is 0.352 e. The lowest BCUT2D eigenvalue weighted by Crippen LogP contribution is -2.35. The summed E-state index contributed by atoms with van der Waals surface area (Å²) in [7, 11) is 0. The second kappa shape index (κ2) is 8.15. The SMILES string of the molecule is CCCn1cc(N(C(=O)CN)c2ccc3c(c2)C(C)(C)CCC3(C)C)c(C)c1C(=O)O. The Morgan fingerprint density at radius 2 is 1.74 bits per heavy atom. The van der Waals surface area contributed by atoms with Gasteiger partial charge in [0.25, 0.3) is 0 Å². The zero-order valence-corrected chi connectivity index (χ0v) is 19.6. The molecule has 0 aliphatic heterocycles. The molecule has 1 aliphatic carbocycles. The number of nitrogens with zero attached hydrogens (tertiary/aromatic N) is 2. The van der Waals surface area contributed by atoms with Crippen molar-refractivity contribution >= 4 is 23.3 Å². The van der Waals surface area contributed by atoms with E-state index in [-0.39, 0.29) is 29.0 Å². The van der Waals surface area contributed by atoms with Crippen LogP contribution in [-0.2, 0) is 22.2 Å². The number of amides is 1. The molecule has 1 aliphatic rings. The highest BCUT2D eigenvalue weighted by Crippen LogP contribution is 2.47. The fourth-order valence-electron chi connectivity index (χ4n) is 4.80. The highest BCUT2D eigenvalue weighted by atomic mass is 16.4. The lowest BCUT2D eigenvalue weighted by molar-refractivity contribution is -0.116. The van der Waals surface area contributed by atoms with Gasteiger partial charge in [0.1, 0.15) is 5.69 Å². The van der Waals surface area contributed by atoms with Crippen LogP contribution in [0.5, 0.6) is 0 Å². The molecule has 1 aromatic heterocycles. The predicted molar refractivity (Wildman–Crippen MR) is 124 cm³/mol. The highest BCUT2D eigenvalue weighted by molar-refractivity contribution is 6.04. The molecule has 31 heavy (non-hydrogen) atoms.